The van der Waals surface area contributed by atoms with Crippen LogP contribution in [0.1, 0.15) is 63.4 Å². The molecular formula is C21H32BNO7. The van der Waals surface area contributed by atoms with E-state index < -0.39 is 25.8 Å². The van der Waals surface area contributed by atoms with Crippen molar-refractivity contribution in [2.75, 3.05) is 13.9 Å². The van der Waals surface area contributed by atoms with Crippen LogP contribution in [0.5, 0.6) is 5.75 Å². The van der Waals surface area contributed by atoms with E-state index in [1.165, 1.54) is 7.11 Å². The van der Waals surface area contributed by atoms with Gasteiger partial charge in [-0.2, -0.15) is 0 Å². The van der Waals surface area contributed by atoms with Gasteiger partial charge in [0.25, 0.3) is 0 Å². The number of fused-ring (bicyclic) bond motifs is 1. The van der Waals surface area contributed by atoms with Crippen LogP contribution in [0.15, 0.2) is 18.2 Å². The fraction of sp³-hybridized carbons (Fsp3) is 0.571. The molecule has 0 aromatic heterocycles. The third-order valence-corrected chi connectivity index (χ3v) is 4.62. The number of rotatable bonds is 8. The summed E-state index contributed by atoms with van der Waals surface area (Å²) in [7, 11) is 0.732. The number of hydrogen-bond acceptors (Lipinski definition) is 7. The average molecular weight is 421 g/mol. The molecule has 30 heavy (non-hydrogen) atoms. The Morgan fingerprint density at radius 1 is 1.23 bits per heavy atom. The van der Waals surface area contributed by atoms with Crippen molar-refractivity contribution in [1.82, 2.24) is 5.32 Å². The molecule has 1 aliphatic rings. The molecule has 0 spiro atoms. The van der Waals surface area contributed by atoms with Crippen molar-refractivity contribution < 1.29 is 33.2 Å². The molecule has 0 saturated carbocycles. The second-order valence-corrected chi connectivity index (χ2v) is 6.57. The lowest BCUT2D eigenvalue weighted by Crippen LogP contribution is -2.54. The highest BCUT2D eigenvalue weighted by Gasteiger charge is 2.39. The van der Waals surface area contributed by atoms with E-state index in [9.17, 15) is 14.4 Å². The summed E-state index contributed by atoms with van der Waals surface area (Å²) >= 11 is 0. The summed E-state index contributed by atoms with van der Waals surface area (Å²) in [5, 5.41) is 2.86. The van der Waals surface area contributed by atoms with Crippen LogP contribution in [0.25, 0.3) is 0 Å². The molecule has 2 rings (SSSR count). The Morgan fingerprint density at radius 3 is 2.53 bits per heavy atom. The zero-order chi connectivity index (χ0) is 22.7. The number of para-hydroxylation sites is 1. The van der Waals surface area contributed by atoms with Crippen molar-refractivity contribution in [3.05, 3.63) is 29.3 Å². The summed E-state index contributed by atoms with van der Waals surface area (Å²) < 4.78 is 21.2. The van der Waals surface area contributed by atoms with Gasteiger partial charge in [0.1, 0.15) is 11.3 Å². The third-order valence-electron chi connectivity index (χ3n) is 4.62. The van der Waals surface area contributed by atoms with Gasteiger partial charge >= 0.3 is 19.1 Å². The summed E-state index contributed by atoms with van der Waals surface area (Å²) in [6.07, 6.45) is 1.44. The van der Waals surface area contributed by atoms with Crippen LogP contribution in [-0.2, 0) is 30.1 Å². The Kier molecular flexibility index (Phi) is 11.0. The van der Waals surface area contributed by atoms with Gasteiger partial charge in [0.15, 0.2) is 0 Å². The quantitative estimate of drug-likeness (QED) is 0.391. The molecule has 2 atom stereocenters. The summed E-state index contributed by atoms with van der Waals surface area (Å²) in [6, 6.07) is 5.08. The zero-order valence-electron chi connectivity index (χ0n) is 18.7. The van der Waals surface area contributed by atoms with Crippen molar-refractivity contribution in [2.45, 2.75) is 59.8 Å². The number of amides is 1. The first kappa shape index (κ1) is 25.5. The molecule has 1 N–H and O–H groups in total. The minimum Gasteiger partial charge on any atom is -0.534 e. The highest BCUT2D eigenvalue weighted by molar-refractivity contribution is 6.48. The topological polar surface area (TPSA) is 100 Å². The Hall–Kier alpha value is -2.55. The first-order valence-corrected chi connectivity index (χ1v) is 10.4. The normalized spacial score (nSPS) is 15.5. The van der Waals surface area contributed by atoms with Crippen molar-refractivity contribution in [3.63, 3.8) is 0 Å². The van der Waals surface area contributed by atoms with Gasteiger partial charge in [0, 0.05) is 13.5 Å². The maximum Gasteiger partial charge on any atom is 0.549 e. The number of benzene rings is 1. The number of ether oxygens (including phenoxy) is 2. The predicted molar refractivity (Wildman–Crippen MR) is 113 cm³/mol. The van der Waals surface area contributed by atoms with Crippen LogP contribution in [0.3, 0.4) is 0 Å². The van der Waals surface area contributed by atoms with E-state index in [0.717, 1.165) is 5.56 Å². The molecule has 0 saturated heterocycles. The lowest BCUT2D eigenvalue weighted by atomic mass is 9.71. The van der Waals surface area contributed by atoms with Gasteiger partial charge in [0.2, 0.25) is 12.7 Å². The van der Waals surface area contributed by atoms with Gasteiger partial charge < -0.3 is 24.1 Å². The second-order valence-electron chi connectivity index (χ2n) is 6.57. The monoisotopic (exact) mass is 421 g/mol. The van der Waals surface area contributed by atoms with E-state index >= 15 is 0 Å². The van der Waals surface area contributed by atoms with E-state index in [0.29, 0.717) is 25.0 Å². The minimum absolute atomic E-state index is 0.113. The Morgan fingerprint density at radius 2 is 1.93 bits per heavy atom. The van der Waals surface area contributed by atoms with Gasteiger partial charge in [0.05, 0.1) is 11.9 Å². The Labute approximate surface area is 178 Å². The van der Waals surface area contributed by atoms with E-state index in [4.69, 9.17) is 18.8 Å². The van der Waals surface area contributed by atoms with E-state index in [1.807, 2.05) is 26.8 Å². The fourth-order valence-electron chi connectivity index (χ4n) is 2.74. The first-order chi connectivity index (χ1) is 14.4. The number of nitrogens with one attached hydrogen (secondary N) is 1. The Balaban J connectivity index is 0.00000218. The molecule has 1 amide bonds. The summed E-state index contributed by atoms with van der Waals surface area (Å²) in [5.74, 6) is -1.49. The molecule has 1 heterocycles. The largest absolute Gasteiger partial charge is 0.549 e. The van der Waals surface area contributed by atoms with Crippen LogP contribution >= 0.6 is 0 Å². The summed E-state index contributed by atoms with van der Waals surface area (Å²) in [4.78, 5) is 35.8. The summed E-state index contributed by atoms with van der Waals surface area (Å²) in [6.45, 7) is 8.91. The van der Waals surface area contributed by atoms with E-state index in [1.54, 1.807) is 26.0 Å². The highest BCUT2D eigenvalue weighted by atomic mass is 16.7. The third kappa shape index (κ3) is 6.76. The smallest absolute Gasteiger partial charge is 0.534 e. The van der Waals surface area contributed by atoms with Gasteiger partial charge in [-0.25, -0.2) is 4.79 Å². The molecule has 9 heteroatoms. The maximum atomic E-state index is 12.4. The molecule has 0 bridgehead atoms. The molecule has 1 aliphatic heterocycles. The lowest BCUT2D eigenvalue weighted by molar-refractivity contribution is -0.156. The van der Waals surface area contributed by atoms with Crippen molar-refractivity contribution in [1.29, 1.82) is 0 Å². The fourth-order valence-corrected chi connectivity index (χ4v) is 2.74. The molecule has 166 valence electrons. The molecule has 8 nitrogen and oxygen atoms in total. The van der Waals surface area contributed by atoms with E-state index in [2.05, 4.69) is 5.32 Å². The van der Waals surface area contributed by atoms with Crippen LogP contribution in [0.4, 0.5) is 0 Å². The number of hydrogen-bond donors (Lipinski definition) is 1. The molecule has 0 fully saturated rings. The van der Waals surface area contributed by atoms with Gasteiger partial charge in [-0.1, -0.05) is 46.8 Å². The molecular weight excluding hydrogens is 389 g/mol. The Bertz CT molecular complexity index is 725. The lowest BCUT2D eigenvalue weighted by Gasteiger charge is -2.30. The van der Waals surface area contributed by atoms with Crippen LogP contribution in [0.2, 0.25) is 0 Å². The summed E-state index contributed by atoms with van der Waals surface area (Å²) in [5.41, 5.74) is 0.958. The predicted octanol–water partition coefficient (Wildman–Crippen LogP) is 2.92. The van der Waals surface area contributed by atoms with Crippen molar-refractivity contribution in [2.24, 2.45) is 5.92 Å². The zero-order valence-corrected chi connectivity index (χ0v) is 18.7. The van der Waals surface area contributed by atoms with Crippen molar-refractivity contribution >= 4 is 25.0 Å². The minimum atomic E-state index is -0.736. The molecule has 0 aliphatic carbocycles. The van der Waals surface area contributed by atoms with Gasteiger partial charge in [-0.3, -0.25) is 9.59 Å². The van der Waals surface area contributed by atoms with Crippen LogP contribution in [-0.4, -0.2) is 44.8 Å². The number of carbonyl (C=O) groups excluding carboxylic acids is 3. The number of esters is 2. The molecule has 1 aromatic carbocycles. The SMILES string of the molecule is CC.CCC(=O)NC1Cc2cccc(C(=O)OCOC(=O)C(C)CC)c2OB1OC. The van der Waals surface area contributed by atoms with Crippen molar-refractivity contribution in [3.8, 4) is 5.75 Å². The van der Waals surface area contributed by atoms with Crippen LogP contribution in [0, 0.1) is 5.92 Å². The number of carbonyl (C=O) groups is 3. The first-order valence-electron chi connectivity index (χ1n) is 10.4. The highest BCUT2D eigenvalue weighted by Crippen LogP contribution is 2.31. The molecule has 0 radical (unpaired) electrons. The van der Waals surface area contributed by atoms with Crippen LogP contribution < -0.4 is 9.97 Å². The molecule has 2 unspecified atom stereocenters. The van der Waals surface area contributed by atoms with Gasteiger partial charge in [-0.15, -0.1) is 0 Å². The maximum absolute atomic E-state index is 12.4. The standard InChI is InChI=1S/C19H26BNO7.C2H6/c1-5-12(3)18(23)26-11-27-19(24)14-9-7-8-13-10-15(21-16(22)6-2)20(25-4)28-17(13)14;1-2/h7-9,12,15H,5-6,10-11H2,1-4H3,(H,21,22);1-2H3. The van der Waals surface area contributed by atoms with E-state index in [-0.39, 0.29) is 23.3 Å². The second kappa shape index (κ2) is 12.9. The van der Waals surface area contributed by atoms with Gasteiger partial charge in [-0.05, 0) is 24.5 Å². The molecule has 1 aromatic rings. The average Bonchev–Trinajstić information content (AvgIpc) is 2.78.